The maximum atomic E-state index is 11.6. The fourth-order valence-electron chi connectivity index (χ4n) is 1.88. The molecule has 0 aliphatic heterocycles. The summed E-state index contributed by atoms with van der Waals surface area (Å²) in [7, 11) is -9.36. The van der Waals surface area contributed by atoms with Gasteiger partial charge in [0.15, 0.2) is 4.90 Å². The second-order valence-corrected chi connectivity index (χ2v) is 9.40. The molecule has 0 saturated carbocycles. The molecule has 0 N–H and O–H groups in total. The molecule has 0 fully saturated rings. The van der Waals surface area contributed by atoms with Crippen molar-refractivity contribution in [3.63, 3.8) is 0 Å². The van der Waals surface area contributed by atoms with Gasteiger partial charge < -0.3 is 4.74 Å². The van der Waals surface area contributed by atoms with E-state index in [4.69, 9.17) is 4.74 Å². The third-order valence-corrected chi connectivity index (χ3v) is 5.41. The molecule has 2 nitrogen and oxygen atoms in total. The van der Waals surface area contributed by atoms with Crippen LogP contribution in [0.25, 0.3) is 10.8 Å². The van der Waals surface area contributed by atoms with Crippen molar-refractivity contribution in [1.29, 1.82) is 0 Å². The van der Waals surface area contributed by atoms with E-state index in [1.165, 1.54) is 22.8 Å². The van der Waals surface area contributed by atoms with Gasteiger partial charge in [-0.3, -0.25) is 0 Å². The Kier molecular flexibility index (Phi) is 5.77. The number of rotatable bonds is 3. The first-order valence-corrected chi connectivity index (χ1v) is 10.6. The van der Waals surface area contributed by atoms with Gasteiger partial charge >= 0.3 is 39.0 Å². The fourth-order valence-corrected chi connectivity index (χ4v) is 3.27. The van der Waals surface area contributed by atoms with Gasteiger partial charge in [-0.2, -0.15) is 0 Å². The van der Waals surface area contributed by atoms with Gasteiger partial charge in [-0.15, -0.1) is 0 Å². The van der Waals surface area contributed by atoms with Crippen LogP contribution in [0.3, 0.4) is 0 Å². The zero-order valence-electron chi connectivity index (χ0n) is 13.6. The molecule has 0 amide bonds. The van der Waals surface area contributed by atoms with E-state index in [1.54, 1.807) is 0 Å². The van der Waals surface area contributed by atoms with Gasteiger partial charge in [-0.25, -0.2) is 4.79 Å². The average molecular weight is 406 g/mol. The number of hydrogen-bond acceptors (Lipinski definition) is 2. The van der Waals surface area contributed by atoms with Crippen LogP contribution in [-0.2, 0) is 20.4 Å². The summed E-state index contributed by atoms with van der Waals surface area (Å²) in [6, 6.07) is 14.6. The molecular weight excluding hydrogens is 389 g/mol. The number of esters is 1. The maximum absolute atomic E-state index is 11.6. The topological polar surface area (TPSA) is 26.3 Å². The van der Waals surface area contributed by atoms with E-state index < -0.39 is 7.81 Å². The Morgan fingerprint density at radius 1 is 1.00 bits per heavy atom. The van der Waals surface area contributed by atoms with Crippen molar-refractivity contribution in [3.8, 4) is 0 Å². The molecule has 0 radical (unpaired) electrons. The molecule has 2 rings (SSSR count). The number of carbonyl (C=O) groups excluding carboxylic acids is 1. The molecule has 2 aromatic carbocycles. The SMILES string of the molecule is COC(=O)C(C)[S+](C)c1ccc2ccccc2c1.F[P-](F)(F)(F)(F)F. The van der Waals surface area contributed by atoms with Crippen LogP contribution >= 0.6 is 7.81 Å². The number of carbonyl (C=O) groups is 1. The first-order chi connectivity index (χ1) is 11.1. The van der Waals surface area contributed by atoms with Crippen LogP contribution in [0.2, 0.25) is 0 Å². The quantitative estimate of drug-likeness (QED) is 0.256. The number of methoxy groups -OCH3 is 1. The number of ether oxygens (including phenoxy) is 1. The molecule has 0 aliphatic carbocycles. The van der Waals surface area contributed by atoms with Gasteiger partial charge in [0.05, 0.1) is 7.11 Å². The fraction of sp³-hybridized carbons (Fsp3) is 0.267. The van der Waals surface area contributed by atoms with Crippen molar-refractivity contribution in [3.05, 3.63) is 42.5 Å². The number of benzene rings is 2. The van der Waals surface area contributed by atoms with Gasteiger partial charge in [0.2, 0.25) is 5.25 Å². The second kappa shape index (κ2) is 6.68. The van der Waals surface area contributed by atoms with Crippen molar-refractivity contribution in [2.24, 2.45) is 0 Å². The summed E-state index contributed by atoms with van der Waals surface area (Å²) >= 11 is 0. The Morgan fingerprint density at radius 2 is 1.48 bits per heavy atom. The average Bonchev–Trinajstić information content (AvgIpc) is 2.49. The van der Waals surface area contributed by atoms with Crippen LogP contribution in [0.4, 0.5) is 25.2 Å². The van der Waals surface area contributed by atoms with E-state index in [2.05, 4.69) is 36.6 Å². The zero-order chi connectivity index (χ0) is 19.5. The van der Waals surface area contributed by atoms with E-state index in [1.807, 2.05) is 19.1 Å². The van der Waals surface area contributed by atoms with Crippen LogP contribution in [-0.4, -0.2) is 24.6 Å². The summed E-state index contributed by atoms with van der Waals surface area (Å²) in [6.07, 6.45) is 2.09. The molecule has 0 heterocycles. The van der Waals surface area contributed by atoms with Crippen molar-refractivity contribution < 1.29 is 34.7 Å². The third-order valence-electron chi connectivity index (χ3n) is 3.16. The standard InChI is InChI=1S/C15H17O2S.F6P/c1-11(15(16)17-2)18(3)14-9-8-12-6-4-5-7-13(12)10-14;1-7(2,3,4,5)6/h4-11H,1-3H3;/q+1;-1. The Balaban J connectivity index is 0.000000381. The molecule has 2 unspecified atom stereocenters. The van der Waals surface area contributed by atoms with Crippen molar-refractivity contribution in [2.45, 2.75) is 17.1 Å². The summed E-state index contributed by atoms with van der Waals surface area (Å²) in [4.78, 5) is 12.8. The normalized spacial score (nSPS) is 16.7. The predicted octanol–water partition coefficient (Wildman–Crippen LogP) is 6.39. The summed E-state index contributed by atoms with van der Waals surface area (Å²) < 4.78 is 64.0. The molecule has 142 valence electrons. The molecule has 0 aliphatic rings. The third kappa shape index (κ3) is 8.97. The van der Waals surface area contributed by atoms with Crippen molar-refractivity contribution >= 4 is 35.4 Å². The number of fused-ring (bicyclic) bond motifs is 1. The van der Waals surface area contributed by atoms with Crippen molar-refractivity contribution in [1.82, 2.24) is 0 Å². The molecule has 0 bridgehead atoms. The van der Waals surface area contributed by atoms with E-state index in [-0.39, 0.29) is 22.1 Å². The van der Waals surface area contributed by atoms with Crippen LogP contribution in [0, 0.1) is 0 Å². The zero-order valence-corrected chi connectivity index (χ0v) is 15.3. The molecule has 25 heavy (non-hydrogen) atoms. The first kappa shape index (κ1) is 21.6. The molecule has 10 heteroatoms. The minimum absolute atomic E-state index is 0.101. The van der Waals surface area contributed by atoms with Gasteiger partial charge in [-0.05, 0) is 29.8 Å². The molecule has 0 spiro atoms. The van der Waals surface area contributed by atoms with Crippen LogP contribution in [0.1, 0.15) is 6.92 Å². The van der Waals surface area contributed by atoms with Gasteiger partial charge in [0, 0.05) is 17.0 Å². The van der Waals surface area contributed by atoms with Crippen molar-refractivity contribution in [2.75, 3.05) is 13.4 Å². The minimum atomic E-state index is -10.7. The molecule has 2 aromatic rings. The molecular formula is C15H17F6O2PS. The Bertz CT molecular complexity index is 752. The molecule has 0 aromatic heterocycles. The second-order valence-electron chi connectivity index (χ2n) is 5.19. The summed E-state index contributed by atoms with van der Waals surface area (Å²) in [5, 5.41) is 2.34. The number of halogens is 6. The predicted molar refractivity (Wildman–Crippen MR) is 90.5 cm³/mol. The Hall–Kier alpha value is -1.47. The van der Waals surface area contributed by atoms with Crippen LogP contribution in [0.5, 0.6) is 0 Å². The van der Waals surface area contributed by atoms with E-state index in [0.717, 1.165) is 0 Å². The van der Waals surface area contributed by atoms with E-state index >= 15 is 0 Å². The number of hydrogen-bond donors (Lipinski definition) is 0. The van der Waals surface area contributed by atoms with Gasteiger partial charge in [0.1, 0.15) is 6.26 Å². The first-order valence-electron chi connectivity index (χ1n) is 6.86. The monoisotopic (exact) mass is 406 g/mol. The van der Waals surface area contributed by atoms with Crippen LogP contribution in [0.15, 0.2) is 47.4 Å². The summed E-state index contributed by atoms with van der Waals surface area (Å²) in [5.74, 6) is -0.144. The molecule has 2 atom stereocenters. The van der Waals surface area contributed by atoms with Gasteiger partial charge in [0.25, 0.3) is 0 Å². The van der Waals surface area contributed by atoms with Gasteiger partial charge in [-0.1, -0.05) is 24.3 Å². The van der Waals surface area contributed by atoms with E-state index in [9.17, 15) is 30.0 Å². The van der Waals surface area contributed by atoms with Crippen LogP contribution < -0.4 is 0 Å². The van der Waals surface area contributed by atoms with E-state index in [0.29, 0.717) is 0 Å². The summed E-state index contributed by atoms with van der Waals surface area (Å²) in [5.41, 5.74) is 0. The Labute approximate surface area is 143 Å². The summed E-state index contributed by atoms with van der Waals surface area (Å²) in [6.45, 7) is 1.92. The Morgan fingerprint density at radius 3 is 1.96 bits per heavy atom. The molecule has 0 saturated heterocycles.